The van der Waals surface area contributed by atoms with Crippen LogP contribution in [0, 0.1) is 0 Å². The maximum atomic E-state index is 12.5. The molecule has 1 aromatic heterocycles. The Hall–Kier alpha value is -2.70. The number of rotatable bonds is 4. The van der Waals surface area contributed by atoms with Crippen LogP contribution in [0.3, 0.4) is 0 Å². The van der Waals surface area contributed by atoms with Crippen LogP contribution in [-0.2, 0) is 22.5 Å². The van der Waals surface area contributed by atoms with Crippen molar-refractivity contribution in [1.82, 2.24) is 14.5 Å². The van der Waals surface area contributed by atoms with E-state index in [9.17, 15) is 14.4 Å². The predicted molar refractivity (Wildman–Crippen MR) is 104 cm³/mol. The molecule has 0 aliphatic carbocycles. The van der Waals surface area contributed by atoms with Crippen molar-refractivity contribution in [3.63, 3.8) is 0 Å². The van der Waals surface area contributed by atoms with Gasteiger partial charge in [-0.05, 0) is 50.3 Å². The molecule has 148 valence electrons. The van der Waals surface area contributed by atoms with E-state index in [1.54, 1.807) is 22.8 Å². The lowest BCUT2D eigenvalue weighted by molar-refractivity contribution is -0.138. The van der Waals surface area contributed by atoms with Crippen LogP contribution in [0.25, 0.3) is 10.9 Å². The normalized spacial score (nSPS) is 18.9. The minimum absolute atomic E-state index is 0.0664. The fourth-order valence-electron chi connectivity index (χ4n) is 4.26. The molecule has 1 amide bonds. The number of hydrogen-bond acceptors (Lipinski definition) is 5. The number of piperidine rings is 1. The van der Waals surface area contributed by atoms with E-state index < -0.39 is 5.97 Å². The van der Waals surface area contributed by atoms with Crippen LogP contribution in [0.15, 0.2) is 23.0 Å². The minimum Gasteiger partial charge on any atom is -0.452 e. The van der Waals surface area contributed by atoms with Crippen LogP contribution >= 0.6 is 0 Å². The van der Waals surface area contributed by atoms with E-state index in [2.05, 4.69) is 11.9 Å². The average molecular weight is 383 g/mol. The Morgan fingerprint density at radius 2 is 2.07 bits per heavy atom. The van der Waals surface area contributed by atoms with Gasteiger partial charge >= 0.3 is 5.97 Å². The second kappa shape index (κ2) is 7.73. The van der Waals surface area contributed by atoms with Crippen molar-refractivity contribution < 1.29 is 14.3 Å². The third-order valence-electron chi connectivity index (χ3n) is 5.80. The van der Waals surface area contributed by atoms with Crippen molar-refractivity contribution in [1.29, 1.82) is 0 Å². The number of fused-ring (bicyclic) bond motifs is 2. The number of carbonyl (C=O) groups excluding carboxylic acids is 2. The maximum Gasteiger partial charge on any atom is 0.338 e. The quantitative estimate of drug-likeness (QED) is 0.757. The summed E-state index contributed by atoms with van der Waals surface area (Å²) in [5.41, 5.74) is 0.741. The molecule has 1 fully saturated rings. The Kier molecular flexibility index (Phi) is 5.15. The van der Waals surface area contributed by atoms with Gasteiger partial charge in [0.1, 0.15) is 5.82 Å². The predicted octanol–water partition coefficient (Wildman–Crippen LogP) is 2.29. The third-order valence-corrected chi connectivity index (χ3v) is 5.80. The van der Waals surface area contributed by atoms with Gasteiger partial charge in [-0.1, -0.05) is 6.92 Å². The summed E-state index contributed by atoms with van der Waals surface area (Å²) in [5, 5.41) is 0.498. The van der Waals surface area contributed by atoms with E-state index in [0.29, 0.717) is 23.0 Å². The molecule has 3 heterocycles. The standard InChI is InChI=1S/C21H25N3O4/c1-2-15-6-3-4-10-23(15)19(25)13-28-21(27)14-8-9-16-17(12-14)22-18-7-5-11-24(18)20(16)26/h8-9,12,15H,2-7,10-11,13H2,1H3/t15-/m1/s1. The van der Waals surface area contributed by atoms with Crippen molar-refractivity contribution in [2.24, 2.45) is 0 Å². The number of nitrogens with zero attached hydrogens (tertiary/aromatic N) is 3. The number of carbonyl (C=O) groups is 2. The van der Waals surface area contributed by atoms with E-state index in [-0.39, 0.29) is 24.1 Å². The Morgan fingerprint density at radius 3 is 2.89 bits per heavy atom. The molecule has 0 N–H and O–H groups in total. The number of benzene rings is 1. The molecule has 0 radical (unpaired) electrons. The fourth-order valence-corrected chi connectivity index (χ4v) is 4.26. The van der Waals surface area contributed by atoms with Crippen LogP contribution in [0.1, 0.15) is 55.2 Å². The van der Waals surface area contributed by atoms with Crippen LogP contribution in [0.5, 0.6) is 0 Å². The number of likely N-dealkylation sites (tertiary alicyclic amines) is 1. The summed E-state index contributed by atoms with van der Waals surface area (Å²) >= 11 is 0. The van der Waals surface area contributed by atoms with Gasteiger partial charge in [-0.25, -0.2) is 9.78 Å². The largest absolute Gasteiger partial charge is 0.452 e. The lowest BCUT2D eigenvalue weighted by atomic mass is 10.00. The molecular formula is C21H25N3O4. The highest BCUT2D eigenvalue weighted by atomic mass is 16.5. The summed E-state index contributed by atoms with van der Waals surface area (Å²) in [6.07, 6.45) is 5.72. The Morgan fingerprint density at radius 1 is 1.21 bits per heavy atom. The van der Waals surface area contributed by atoms with Crippen molar-refractivity contribution in [3.8, 4) is 0 Å². The van der Waals surface area contributed by atoms with Crippen LogP contribution in [-0.4, -0.2) is 45.5 Å². The lowest BCUT2D eigenvalue weighted by Gasteiger charge is -2.35. The molecule has 7 heteroatoms. The van der Waals surface area contributed by atoms with Gasteiger partial charge in [0.05, 0.1) is 16.5 Å². The molecule has 1 atom stereocenters. The molecule has 2 aliphatic rings. The van der Waals surface area contributed by atoms with Crippen molar-refractivity contribution >= 4 is 22.8 Å². The van der Waals surface area contributed by atoms with Crippen molar-refractivity contribution in [2.75, 3.05) is 13.2 Å². The Balaban J connectivity index is 1.47. The highest BCUT2D eigenvalue weighted by Gasteiger charge is 2.26. The van der Waals surface area contributed by atoms with E-state index in [1.165, 1.54) is 0 Å². The summed E-state index contributed by atoms with van der Waals surface area (Å²) in [6.45, 7) is 3.24. The fraction of sp³-hybridized carbons (Fsp3) is 0.524. The van der Waals surface area contributed by atoms with Crippen molar-refractivity contribution in [3.05, 3.63) is 39.9 Å². The Bertz CT molecular complexity index is 982. The number of amides is 1. The summed E-state index contributed by atoms with van der Waals surface area (Å²) in [5.74, 6) is 0.0477. The zero-order chi connectivity index (χ0) is 19.7. The first-order valence-corrected chi connectivity index (χ1v) is 10.1. The summed E-state index contributed by atoms with van der Waals surface area (Å²) in [6, 6.07) is 5.00. The van der Waals surface area contributed by atoms with Gasteiger partial charge in [0, 0.05) is 25.6 Å². The van der Waals surface area contributed by atoms with E-state index in [4.69, 9.17) is 4.74 Å². The molecule has 4 rings (SSSR count). The van der Waals surface area contributed by atoms with Gasteiger partial charge in [0.15, 0.2) is 6.61 Å². The lowest BCUT2D eigenvalue weighted by Crippen LogP contribution is -2.45. The first-order chi connectivity index (χ1) is 13.6. The highest BCUT2D eigenvalue weighted by molar-refractivity contribution is 5.95. The second-order valence-electron chi connectivity index (χ2n) is 7.54. The Labute approximate surface area is 163 Å². The molecule has 0 bridgehead atoms. The van der Waals surface area contributed by atoms with Crippen LogP contribution in [0.2, 0.25) is 0 Å². The number of esters is 1. The summed E-state index contributed by atoms with van der Waals surface area (Å²) in [7, 11) is 0. The molecular weight excluding hydrogens is 358 g/mol. The van der Waals surface area contributed by atoms with E-state index in [1.807, 2.05) is 4.90 Å². The molecule has 1 saturated heterocycles. The van der Waals surface area contributed by atoms with Gasteiger partial charge in [0.2, 0.25) is 0 Å². The number of hydrogen-bond donors (Lipinski definition) is 0. The first-order valence-electron chi connectivity index (χ1n) is 10.1. The monoisotopic (exact) mass is 383 g/mol. The van der Waals surface area contributed by atoms with Gasteiger partial charge in [0.25, 0.3) is 11.5 Å². The third kappa shape index (κ3) is 3.41. The van der Waals surface area contributed by atoms with Gasteiger partial charge in [-0.15, -0.1) is 0 Å². The second-order valence-corrected chi connectivity index (χ2v) is 7.54. The number of aryl methyl sites for hydroxylation is 1. The molecule has 7 nitrogen and oxygen atoms in total. The SMILES string of the molecule is CC[C@@H]1CCCCN1C(=O)COC(=O)c1ccc2c(=O)n3c(nc2c1)CCC3. The molecule has 2 aliphatic heterocycles. The summed E-state index contributed by atoms with van der Waals surface area (Å²) in [4.78, 5) is 43.8. The molecule has 28 heavy (non-hydrogen) atoms. The van der Waals surface area contributed by atoms with Gasteiger partial charge in [-0.3, -0.25) is 14.2 Å². The zero-order valence-corrected chi connectivity index (χ0v) is 16.1. The molecule has 1 aromatic carbocycles. The topological polar surface area (TPSA) is 81.5 Å². The minimum atomic E-state index is -0.567. The molecule has 0 spiro atoms. The van der Waals surface area contributed by atoms with Crippen LogP contribution < -0.4 is 5.56 Å². The van der Waals surface area contributed by atoms with Gasteiger partial charge in [-0.2, -0.15) is 0 Å². The number of ether oxygens (including phenoxy) is 1. The smallest absolute Gasteiger partial charge is 0.338 e. The number of aromatic nitrogens is 2. The van der Waals surface area contributed by atoms with E-state index in [0.717, 1.165) is 50.9 Å². The molecule has 0 saturated carbocycles. The summed E-state index contributed by atoms with van der Waals surface area (Å²) < 4.78 is 6.96. The maximum absolute atomic E-state index is 12.5. The zero-order valence-electron chi connectivity index (χ0n) is 16.1. The highest BCUT2D eigenvalue weighted by Crippen LogP contribution is 2.20. The van der Waals surface area contributed by atoms with Crippen LogP contribution in [0.4, 0.5) is 0 Å². The first kappa shape index (κ1) is 18.7. The van der Waals surface area contributed by atoms with E-state index >= 15 is 0 Å². The average Bonchev–Trinajstić information content (AvgIpc) is 3.20. The van der Waals surface area contributed by atoms with Crippen molar-refractivity contribution in [2.45, 2.75) is 58.0 Å². The molecule has 0 unspecified atom stereocenters. The molecule has 2 aromatic rings. The van der Waals surface area contributed by atoms with Gasteiger partial charge < -0.3 is 9.64 Å².